The molecule has 0 radical (unpaired) electrons. The number of nitro benzene ring substituents is 1. The lowest BCUT2D eigenvalue weighted by Crippen LogP contribution is -2.36. The summed E-state index contributed by atoms with van der Waals surface area (Å²) in [5, 5.41) is 13.6. The fourth-order valence-corrected chi connectivity index (χ4v) is 2.12. The predicted molar refractivity (Wildman–Crippen MR) is 80.9 cm³/mol. The number of halogens is 1. The monoisotopic (exact) mass is 343 g/mol. The van der Waals surface area contributed by atoms with Gasteiger partial charge in [-0.05, 0) is 42.9 Å². The Morgan fingerprint density at radius 2 is 2.15 bits per heavy atom. The number of likely N-dealkylation sites (N-methyl/N-ethyl adjacent to an activating group) is 1. The average molecular weight is 344 g/mol. The number of carbonyl (C=O) groups excluding carboxylic acids is 1. The number of nitrogens with zero attached hydrogens (tertiary/aromatic N) is 2. The first-order chi connectivity index (χ1) is 9.34. The highest BCUT2D eigenvalue weighted by Crippen LogP contribution is 2.28. The number of rotatable bonds is 6. The number of hydrogen-bond acceptors (Lipinski definition) is 4. The molecule has 110 valence electrons. The van der Waals surface area contributed by atoms with Crippen molar-refractivity contribution < 1.29 is 9.72 Å². The Bertz CT molecular complexity index is 506. The molecule has 0 saturated carbocycles. The van der Waals surface area contributed by atoms with Crippen molar-refractivity contribution in [3.05, 3.63) is 38.3 Å². The SMILES string of the molecule is CC(C)N(C)CCNC(=O)c1cccc([N+](=O)[O-])c1Br. The fraction of sp³-hybridized carbons (Fsp3) is 0.462. The Morgan fingerprint density at radius 3 is 2.70 bits per heavy atom. The van der Waals surface area contributed by atoms with Crippen molar-refractivity contribution in [2.24, 2.45) is 0 Å². The molecule has 1 aromatic rings. The van der Waals surface area contributed by atoms with E-state index in [4.69, 9.17) is 0 Å². The van der Waals surface area contributed by atoms with Gasteiger partial charge < -0.3 is 10.2 Å². The Morgan fingerprint density at radius 1 is 1.50 bits per heavy atom. The van der Waals surface area contributed by atoms with Gasteiger partial charge >= 0.3 is 0 Å². The van der Waals surface area contributed by atoms with Gasteiger partial charge in [0.2, 0.25) is 0 Å². The van der Waals surface area contributed by atoms with Crippen molar-refractivity contribution in [2.45, 2.75) is 19.9 Å². The van der Waals surface area contributed by atoms with Crippen molar-refractivity contribution in [2.75, 3.05) is 20.1 Å². The zero-order valence-corrected chi connectivity index (χ0v) is 13.3. The molecule has 0 aromatic heterocycles. The number of nitrogens with one attached hydrogen (secondary N) is 1. The third-order valence-electron chi connectivity index (χ3n) is 3.05. The molecule has 0 unspecified atom stereocenters. The molecule has 1 aromatic carbocycles. The van der Waals surface area contributed by atoms with Crippen LogP contribution in [0.4, 0.5) is 5.69 Å². The van der Waals surface area contributed by atoms with Crippen molar-refractivity contribution in [1.82, 2.24) is 10.2 Å². The zero-order valence-electron chi connectivity index (χ0n) is 11.7. The Balaban J connectivity index is 2.69. The number of carbonyl (C=O) groups is 1. The molecule has 0 atom stereocenters. The summed E-state index contributed by atoms with van der Waals surface area (Å²) in [6, 6.07) is 4.81. The van der Waals surface area contributed by atoms with Crippen molar-refractivity contribution in [1.29, 1.82) is 0 Å². The van der Waals surface area contributed by atoms with Crippen LogP contribution in [0.25, 0.3) is 0 Å². The first kappa shape index (κ1) is 16.6. The number of nitro groups is 1. The second kappa shape index (κ2) is 7.35. The zero-order chi connectivity index (χ0) is 15.3. The van der Waals surface area contributed by atoms with Gasteiger partial charge in [-0.1, -0.05) is 6.07 Å². The van der Waals surface area contributed by atoms with Gasteiger partial charge in [-0.25, -0.2) is 0 Å². The lowest BCUT2D eigenvalue weighted by atomic mass is 10.2. The molecule has 20 heavy (non-hydrogen) atoms. The van der Waals surface area contributed by atoms with Crippen LogP contribution in [0.3, 0.4) is 0 Å². The van der Waals surface area contributed by atoms with E-state index in [0.29, 0.717) is 12.6 Å². The quantitative estimate of drug-likeness (QED) is 0.635. The molecule has 0 saturated heterocycles. The molecule has 0 aliphatic carbocycles. The van der Waals surface area contributed by atoms with E-state index in [0.717, 1.165) is 6.54 Å². The van der Waals surface area contributed by atoms with Gasteiger partial charge in [0.25, 0.3) is 11.6 Å². The number of benzene rings is 1. The summed E-state index contributed by atoms with van der Waals surface area (Å²) in [6.07, 6.45) is 0. The van der Waals surface area contributed by atoms with Gasteiger partial charge in [0.05, 0.1) is 10.5 Å². The first-order valence-corrected chi connectivity index (χ1v) is 7.05. The molecule has 0 aliphatic heterocycles. The summed E-state index contributed by atoms with van der Waals surface area (Å²) in [7, 11) is 1.97. The molecule has 6 nitrogen and oxygen atoms in total. The van der Waals surface area contributed by atoms with Crippen LogP contribution >= 0.6 is 15.9 Å². The van der Waals surface area contributed by atoms with Gasteiger partial charge in [0.15, 0.2) is 0 Å². The Kier molecular flexibility index (Phi) is 6.09. The highest BCUT2D eigenvalue weighted by molar-refractivity contribution is 9.10. The van der Waals surface area contributed by atoms with Crippen molar-refractivity contribution in [3.8, 4) is 0 Å². The van der Waals surface area contributed by atoms with Gasteiger partial charge in [0.1, 0.15) is 4.47 Å². The summed E-state index contributed by atoms with van der Waals surface area (Å²) in [5.74, 6) is -0.322. The van der Waals surface area contributed by atoms with Gasteiger partial charge in [-0.15, -0.1) is 0 Å². The second-order valence-corrected chi connectivity index (χ2v) is 5.52. The fourth-order valence-electron chi connectivity index (χ4n) is 1.54. The summed E-state index contributed by atoms with van der Waals surface area (Å²) in [4.78, 5) is 24.4. The highest BCUT2D eigenvalue weighted by atomic mass is 79.9. The third-order valence-corrected chi connectivity index (χ3v) is 3.88. The standard InChI is InChI=1S/C13H18BrN3O3/c1-9(2)16(3)8-7-15-13(18)10-5-4-6-11(12(10)14)17(19)20/h4-6,9H,7-8H2,1-3H3,(H,15,18). The lowest BCUT2D eigenvalue weighted by Gasteiger charge is -2.20. The maximum absolute atomic E-state index is 12.0. The second-order valence-electron chi connectivity index (χ2n) is 4.73. The van der Waals surface area contributed by atoms with E-state index in [-0.39, 0.29) is 21.6 Å². The molecule has 0 fully saturated rings. The molecule has 7 heteroatoms. The van der Waals surface area contributed by atoms with E-state index in [1.54, 1.807) is 6.07 Å². The molecule has 1 rings (SSSR count). The topological polar surface area (TPSA) is 75.5 Å². The maximum Gasteiger partial charge on any atom is 0.284 e. The number of hydrogen-bond donors (Lipinski definition) is 1. The number of amides is 1. The van der Waals surface area contributed by atoms with E-state index >= 15 is 0 Å². The molecule has 0 spiro atoms. The van der Waals surface area contributed by atoms with Gasteiger partial charge in [-0.3, -0.25) is 14.9 Å². The lowest BCUT2D eigenvalue weighted by molar-refractivity contribution is -0.385. The van der Waals surface area contributed by atoms with Crippen LogP contribution in [0.2, 0.25) is 0 Å². The van der Waals surface area contributed by atoms with E-state index in [2.05, 4.69) is 40.0 Å². The normalized spacial score (nSPS) is 10.9. The van der Waals surface area contributed by atoms with Crippen LogP contribution in [0.15, 0.2) is 22.7 Å². The summed E-state index contributed by atoms with van der Waals surface area (Å²) in [5.41, 5.74) is 0.156. The molecule has 0 bridgehead atoms. The predicted octanol–water partition coefficient (Wildman–Crippen LogP) is 2.43. The molecule has 0 aliphatic rings. The van der Waals surface area contributed by atoms with Crippen LogP contribution in [0.1, 0.15) is 24.2 Å². The van der Waals surface area contributed by atoms with E-state index in [9.17, 15) is 14.9 Å². The minimum Gasteiger partial charge on any atom is -0.351 e. The van der Waals surface area contributed by atoms with Crippen molar-refractivity contribution >= 4 is 27.5 Å². The highest BCUT2D eigenvalue weighted by Gasteiger charge is 2.19. The molecule has 0 heterocycles. The molecular formula is C13H18BrN3O3. The first-order valence-electron chi connectivity index (χ1n) is 6.26. The van der Waals surface area contributed by atoms with E-state index in [1.807, 2.05) is 7.05 Å². The largest absolute Gasteiger partial charge is 0.351 e. The van der Waals surface area contributed by atoms with Crippen LogP contribution in [-0.4, -0.2) is 41.9 Å². The minimum absolute atomic E-state index is 0.114. The molecule has 1 N–H and O–H groups in total. The third kappa shape index (κ3) is 4.28. The minimum atomic E-state index is -0.520. The van der Waals surface area contributed by atoms with Crippen LogP contribution in [0, 0.1) is 10.1 Å². The van der Waals surface area contributed by atoms with Gasteiger partial charge in [0, 0.05) is 25.2 Å². The van der Waals surface area contributed by atoms with Gasteiger partial charge in [-0.2, -0.15) is 0 Å². The average Bonchev–Trinajstić information content (AvgIpc) is 2.38. The van der Waals surface area contributed by atoms with Crippen LogP contribution in [0.5, 0.6) is 0 Å². The molecular weight excluding hydrogens is 326 g/mol. The maximum atomic E-state index is 12.0. The Labute approximate surface area is 126 Å². The van der Waals surface area contributed by atoms with Crippen molar-refractivity contribution in [3.63, 3.8) is 0 Å². The summed E-state index contributed by atoms with van der Waals surface area (Å²) in [6.45, 7) is 5.34. The summed E-state index contributed by atoms with van der Waals surface area (Å²) >= 11 is 3.11. The van der Waals surface area contributed by atoms with E-state index < -0.39 is 4.92 Å². The van der Waals surface area contributed by atoms with Crippen LogP contribution in [-0.2, 0) is 0 Å². The van der Waals surface area contributed by atoms with Crippen LogP contribution < -0.4 is 5.32 Å². The summed E-state index contributed by atoms with van der Waals surface area (Å²) < 4.78 is 0.208. The smallest absolute Gasteiger partial charge is 0.284 e. The Hall–Kier alpha value is -1.47. The van der Waals surface area contributed by atoms with E-state index in [1.165, 1.54) is 12.1 Å². The molecule has 1 amide bonds.